The van der Waals surface area contributed by atoms with Crippen molar-refractivity contribution < 1.29 is 22.7 Å². The van der Waals surface area contributed by atoms with Crippen molar-refractivity contribution in [2.24, 2.45) is 5.92 Å². The van der Waals surface area contributed by atoms with Gasteiger partial charge in [0.2, 0.25) is 10.0 Å². The van der Waals surface area contributed by atoms with Gasteiger partial charge in [-0.25, -0.2) is 13.4 Å². The molecule has 1 aromatic heterocycles. The zero-order chi connectivity index (χ0) is 17.9. The van der Waals surface area contributed by atoms with Gasteiger partial charge in [-0.05, 0) is 24.5 Å². The van der Waals surface area contributed by atoms with E-state index in [0.717, 1.165) is 0 Å². The topological polar surface area (TPSA) is 110 Å². The van der Waals surface area contributed by atoms with Gasteiger partial charge in [0, 0.05) is 12.5 Å². The summed E-state index contributed by atoms with van der Waals surface area (Å²) in [4.78, 5) is 15.4. The fraction of sp³-hybridized carbons (Fsp3) is 0.375. The molecule has 130 valence electrons. The molecule has 0 spiro atoms. The smallest absolute Gasteiger partial charge is 0.321 e. The Morgan fingerprint density at radius 2 is 1.92 bits per heavy atom. The highest BCUT2D eigenvalue weighted by molar-refractivity contribution is 7.89. The number of rotatable bonds is 7. The van der Waals surface area contributed by atoms with E-state index in [4.69, 9.17) is 4.42 Å². The number of nitrogens with zero attached hydrogens (tertiary/aromatic N) is 1. The van der Waals surface area contributed by atoms with Crippen molar-refractivity contribution in [1.29, 1.82) is 0 Å². The van der Waals surface area contributed by atoms with Crippen LogP contribution in [0, 0.1) is 12.8 Å². The van der Waals surface area contributed by atoms with Crippen LogP contribution in [-0.4, -0.2) is 30.5 Å². The van der Waals surface area contributed by atoms with Crippen molar-refractivity contribution in [3.63, 3.8) is 0 Å². The number of hydrogen-bond donors (Lipinski definition) is 2. The maximum atomic E-state index is 12.4. The van der Waals surface area contributed by atoms with Crippen LogP contribution in [0.5, 0.6) is 0 Å². The standard InChI is InChI=1S/C16H20N2O5S/c1-10(2)8-14(16(19)20)18-24(21,22)13-6-4-12(5-7-13)15-9-23-11(3)17-15/h4-7,9-10,14,18H,8H2,1-3H3,(H,19,20). The van der Waals surface area contributed by atoms with Crippen molar-refractivity contribution in [2.75, 3.05) is 0 Å². The number of sulfonamides is 1. The number of carboxylic acids is 1. The molecule has 0 fully saturated rings. The van der Waals surface area contributed by atoms with E-state index in [2.05, 4.69) is 9.71 Å². The first kappa shape index (κ1) is 18.2. The van der Waals surface area contributed by atoms with Gasteiger partial charge in [0.15, 0.2) is 5.89 Å². The first-order valence-electron chi connectivity index (χ1n) is 7.46. The summed E-state index contributed by atoms with van der Waals surface area (Å²) >= 11 is 0. The van der Waals surface area contributed by atoms with Gasteiger partial charge >= 0.3 is 5.97 Å². The third-order valence-electron chi connectivity index (χ3n) is 3.38. The fourth-order valence-electron chi connectivity index (χ4n) is 2.23. The van der Waals surface area contributed by atoms with E-state index in [1.54, 1.807) is 19.1 Å². The second kappa shape index (κ2) is 7.14. The monoisotopic (exact) mass is 352 g/mol. The molecule has 1 aromatic carbocycles. The van der Waals surface area contributed by atoms with Crippen LogP contribution in [0.25, 0.3) is 11.3 Å². The highest BCUT2D eigenvalue weighted by Crippen LogP contribution is 2.21. The predicted molar refractivity (Wildman–Crippen MR) is 87.9 cm³/mol. The first-order valence-corrected chi connectivity index (χ1v) is 8.95. The van der Waals surface area contributed by atoms with Crippen LogP contribution >= 0.6 is 0 Å². The van der Waals surface area contributed by atoms with E-state index in [1.807, 2.05) is 13.8 Å². The summed E-state index contributed by atoms with van der Waals surface area (Å²) in [6.07, 6.45) is 1.70. The first-order chi connectivity index (χ1) is 11.2. The molecular formula is C16H20N2O5S. The third kappa shape index (κ3) is 4.42. The molecule has 1 atom stereocenters. The minimum atomic E-state index is -3.92. The molecule has 1 unspecified atom stereocenters. The Balaban J connectivity index is 2.21. The maximum Gasteiger partial charge on any atom is 0.321 e. The lowest BCUT2D eigenvalue weighted by Gasteiger charge is -2.16. The van der Waals surface area contributed by atoms with Crippen molar-refractivity contribution in [3.05, 3.63) is 36.4 Å². The van der Waals surface area contributed by atoms with Crippen molar-refractivity contribution in [2.45, 2.75) is 38.1 Å². The van der Waals surface area contributed by atoms with Crippen LogP contribution in [0.15, 0.2) is 39.8 Å². The van der Waals surface area contributed by atoms with Crippen molar-refractivity contribution in [3.8, 4) is 11.3 Å². The Hall–Kier alpha value is -2.19. The molecule has 2 N–H and O–H groups in total. The van der Waals surface area contributed by atoms with Crippen molar-refractivity contribution >= 4 is 16.0 Å². The lowest BCUT2D eigenvalue weighted by atomic mass is 10.1. The van der Waals surface area contributed by atoms with Gasteiger partial charge in [-0.3, -0.25) is 4.79 Å². The van der Waals surface area contributed by atoms with Gasteiger partial charge in [0.25, 0.3) is 0 Å². The molecule has 2 aromatic rings. The lowest BCUT2D eigenvalue weighted by molar-refractivity contribution is -0.139. The summed E-state index contributed by atoms with van der Waals surface area (Å²) in [5.74, 6) is -0.630. The summed E-state index contributed by atoms with van der Waals surface area (Å²) in [6, 6.07) is 4.87. The maximum absolute atomic E-state index is 12.4. The number of nitrogens with one attached hydrogen (secondary N) is 1. The lowest BCUT2D eigenvalue weighted by Crippen LogP contribution is -2.41. The number of carbonyl (C=O) groups is 1. The molecule has 0 saturated heterocycles. The van der Waals surface area contributed by atoms with E-state index in [0.29, 0.717) is 17.1 Å². The van der Waals surface area contributed by atoms with Gasteiger partial charge < -0.3 is 9.52 Å². The minimum absolute atomic E-state index is 0.00136. The average Bonchev–Trinajstić information content (AvgIpc) is 2.92. The number of aromatic nitrogens is 1. The van der Waals surface area contributed by atoms with Crippen LogP contribution in [0.2, 0.25) is 0 Å². The second-order valence-corrected chi connectivity index (χ2v) is 7.63. The number of carboxylic acid groups (broad SMARTS) is 1. The van der Waals surface area contributed by atoms with Crippen LogP contribution in [0.1, 0.15) is 26.2 Å². The minimum Gasteiger partial charge on any atom is -0.480 e. The highest BCUT2D eigenvalue weighted by atomic mass is 32.2. The summed E-state index contributed by atoms with van der Waals surface area (Å²) in [5.41, 5.74) is 1.32. The highest BCUT2D eigenvalue weighted by Gasteiger charge is 2.26. The number of oxazole rings is 1. The molecule has 8 heteroatoms. The fourth-order valence-corrected chi connectivity index (χ4v) is 3.43. The van der Waals surface area contributed by atoms with Crippen molar-refractivity contribution in [1.82, 2.24) is 9.71 Å². The number of aryl methyl sites for hydroxylation is 1. The molecule has 24 heavy (non-hydrogen) atoms. The quantitative estimate of drug-likeness (QED) is 0.792. The van der Waals surface area contributed by atoms with Gasteiger partial charge in [-0.15, -0.1) is 0 Å². The van der Waals surface area contributed by atoms with Crippen LogP contribution in [0.3, 0.4) is 0 Å². The molecule has 0 aliphatic carbocycles. The Labute approximate surface area is 140 Å². The summed E-state index contributed by atoms with van der Waals surface area (Å²) in [7, 11) is -3.92. The molecular weight excluding hydrogens is 332 g/mol. The number of hydrogen-bond acceptors (Lipinski definition) is 5. The van der Waals surface area contributed by atoms with Gasteiger partial charge in [-0.2, -0.15) is 4.72 Å². The molecule has 7 nitrogen and oxygen atoms in total. The van der Waals surface area contributed by atoms with E-state index in [9.17, 15) is 18.3 Å². The summed E-state index contributed by atoms with van der Waals surface area (Å²) in [5, 5.41) is 9.18. The zero-order valence-electron chi connectivity index (χ0n) is 13.7. The van der Waals surface area contributed by atoms with E-state index >= 15 is 0 Å². The zero-order valence-corrected chi connectivity index (χ0v) is 14.5. The van der Waals surface area contributed by atoms with Crippen LogP contribution < -0.4 is 4.72 Å². The Kier molecular flexibility index (Phi) is 5.40. The Morgan fingerprint density at radius 3 is 2.38 bits per heavy atom. The van der Waals surface area contributed by atoms with Gasteiger partial charge in [-0.1, -0.05) is 26.0 Å². The molecule has 0 saturated carbocycles. The SMILES string of the molecule is Cc1nc(-c2ccc(S(=O)(=O)NC(CC(C)C)C(=O)O)cc2)co1. The predicted octanol–water partition coefficient (Wildman–Crippen LogP) is 2.43. The third-order valence-corrected chi connectivity index (χ3v) is 4.87. The molecule has 0 bridgehead atoms. The molecule has 0 aliphatic heterocycles. The number of aliphatic carboxylic acids is 1. The van der Waals surface area contributed by atoms with Crippen LogP contribution in [0.4, 0.5) is 0 Å². The van der Waals surface area contributed by atoms with Gasteiger partial charge in [0.05, 0.1) is 4.90 Å². The second-order valence-electron chi connectivity index (χ2n) is 5.92. The van der Waals surface area contributed by atoms with Gasteiger partial charge in [0.1, 0.15) is 18.0 Å². The van der Waals surface area contributed by atoms with E-state index in [-0.39, 0.29) is 17.2 Å². The van der Waals surface area contributed by atoms with Crippen LogP contribution in [-0.2, 0) is 14.8 Å². The Morgan fingerprint density at radius 1 is 1.29 bits per heavy atom. The Bertz CT molecular complexity index is 809. The largest absolute Gasteiger partial charge is 0.480 e. The summed E-state index contributed by atoms with van der Waals surface area (Å²) < 4.78 is 32.1. The van der Waals surface area contributed by atoms with E-state index < -0.39 is 22.0 Å². The van der Waals surface area contributed by atoms with E-state index in [1.165, 1.54) is 18.4 Å². The molecule has 1 heterocycles. The molecule has 0 amide bonds. The average molecular weight is 352 g/mol. The molecule has 0 radical (unpaired) electrons. The number of benzene rings is 1. The normalized spacial score (nSPS) is 13.2. The summed E-state index contributed by atoms with van der Waals surface area (Å²) in [6.45, 7) is 5.38. The molecule has 0 aliphatic rings. The molecule has 2 rings (SSSR count).